The zero-order valence-corrected chi connectivity index (χ0v) is 21.2. The van der Waals surface area contributed by atoms with Gasteiger partial charge in [-0.2, -0.15) is 13.2 Å². The van der Waals surface area contributed by atoms with Gasteiger partial charge in [0, 0.05) is 32.6 Å². The average Bonchev–Trinajstić information content (AvgIpc) is 2.84. The first-order valence-electron chi connectivity index (χ1n) is 12.5. The quantitative estimate of drug-likeness (QED) is 0.507. The van der Waals surface area contributed by atoms with E-state index in [2.05, 4.69) is 10.6 Å². The Kier molecular flexibility index (Phi) is 10.5. The largest absolute Gasteiger partial charge is 0.493 e. The summed E-state index contributed by atoms with van der Waals surface area (Å²) in [6.07, 6.45) is -3.24. The van der Waals surface area contributed by atoms with Crippen LogP contribution in [0.2, 0.25) is 0 Å². The van der Waals surface area contributed by atoms with Crippen molar-refractivity contribution in [2.75, 3.05) is 26.7 Å². The molecule has 1 aliphatic heterocycles. The summed E-state index contributed by atoms with van der Waals surface area (Å²) in [6.45, 7) is 0.137. The van der Waals surface area contributed by atoms with Crippen LogP contribution in [0.4, 0.5) is 17.6 Å². The van der Waals surface area contributed by atoms with Crippen molar-refractivity contribution in [2.45, 2.75) is 57.0 Å². The van der Waals surface area contributed by atoms with E-state index in [-0.39, 0.29) is 38.4 Å². The number of ether oxygens (including phenoxy) is 1. The maximum Gasteiger partial charge on any atom is 0.416 e. The summed E-state index contributed by atoms with van der Waals surface area (Å²) in [5.41, 5.74) is 0.0878. The molecule has 0 aliphatic carbocycles. The smallest absolute Gasteiger partial charge is 0.416 e. The minimum Gasteiger partial charge on any atom is -0.493 e. The second-order valence-electron chi connectivity index (χ2n) is 9.48. The number of amides is 2. The minimum absolute atomic E-state index is 0.0524. The Bertz CT molecular complexity index is 1100. The lowest BCUT2D eigenvalue weighted by molar-refractivity contribution is -0.137. The molecular weight excluding hydrogens is 506 g/mol. The zero-order chi connectivity index (χ0) is 27.7. The number of hydrogen-bond acceptors (Lipinski definition) is 5. The Morgan fingerprint density at radius 2 is 1.95 bits per heavy atom. The molecule has 0 radical (unpaired) electrons. The fourth-order valence-electron chi connectivity index (χ4n) is 4.22. The van der Waals surface area contributed by atoms with Gasteiger partial charge in [0.25, 0.3) is 0 Å². The molecule has 2 amide bonds. The Labute approximate surface area is 219 Å². The number of likely N-dealkylation sites (N-methyl/N-ethyl adjacent to an activating group) is 1. The Morgan fingerprint density at radius 3 is 2.71 bits per heavy atom. The summed E-state index contributed by atoms with van der Waals surface area (Å²) in [6, 6.07) is 8.15. The number of nitrogens with zero attached hydrogens (tertiary/aromatic N) is 1. The topological polar surface area (TPSA) is 90.9 Å². The van der Waals surface area contributed by atoms with Crippen molar-refractivity contribution in [2.24, 2.45) is 0 Å². The van der Waals surface area contributed by atoms with Crippen molar-refractivity contribution in [3.05, 3.63) is 65.0 Å². The molecule has 0 saturated heterocycles. The molecule has 38 heavy (non-hydrogen) atoms. The van der Waals surface area contributed by atoms with Gasteiger partial charge in [0.2, 0.25) is 11.8 Å². The van der Waals surface area contributed by atoms with Gasteiger partial charge in [-0.1, -0.05) is 18.2 Å². The third-order valence-electron chi connectivity index (χ3n) is 6.24. The van der Waals surface area contributed by atoms with E-state index >= 15 is 0 Å². The molecule has 2 aromatic rings. The molecule has 2 unspecified atom stereocenters. The highest BCUT2D eigenvalue weighted by molar-refractivity contribution is 5.84. The van der Waals surface area contributed by atoms with E-state index < -0.39 is 35.6 Å². The number of alkyl halides is 3. The summed E-state index contributed by atoms with van der Waals surface area (Å²) in [4.78, 5) is 26.4. The molecule has 2 bridgehead atoms. The summed E-state index contributed by atoms with van der Waals surface area (Å²) in [7, 11) is 1.52. The molecule has 3 rings (SSSR count). The summed E-state index contributed by atoms with van der Waals surface area (Å²) < 4.78 is 58.9. The zero-order valence-electron chi connectivity index (χ0n) is 21.2. The van der Waals surface area contributed by atoms with E-state index in [1.807, 2.05) is 0 Å². The third kappa shape index (κ3) is 9.29. The Hall–Kier alpha value is -3.18. The highest BCUT2D eigenvalue weighted by Gasteiger charge is 2.30. The first kappa shape index (κ1) is 29.4. The van der Waals surface area contributed by atoms with E-state index in [9.17, 15) is 32.3 Å². The van der Waals surface area contributed by atoms with Gasteiger partial charge in [-0.3, -0.25) is 9.59 Å². The van der Waals surface area contributed by atoms with Crippen molar-refractivity contribution < 1.29 is 37.0 Å². The lowest BCUT2D eigenvalue weighted by Gasteiger charge is -2.26. The highest BCUT2D eigenvalue weighted by atomic mass is 19.4. The second-order valence-corrected chi connectivity index (χ2v) is 9.48. The molecule has 0 aromatic heterocycles. The van der Waals surface area contributed by atoms with Gasteiger partial charge in [-0.15, -0.1) is 0 Å². The number of halogens is 4. The van der Waals surface area contributed by atoms with Crippen LogP contribution in [0.3, 0.4) is 0 Å². The Balaban J connectivity index is 1.73. The van der Waals surface area contributed by atoms with Crippen LogP contribution in [-0.2, 0) is 28.7 Å². The van der Waals surface area contributed by atoms with Gasteiger partial charge in [0.05, 0.1) is 30.9 Å². The molecule has 11 heteroatoms. The first-order valence-corrected chi connectivity index (χ1v) is 12.5. The lowest BCUT2D eigenvalue weighted by Crippen LogP contribution is -2.51. The third-order valence-corrected chi connectivity index (χ3v) is 6.24. The molecule has 0 spiro atoms. The van der Waals surface area contributed by atoms with Gasteiger partial charge in [-0.25, -0.2) is 4.39 Å². The number of rotatable bonds is 5. The number of nitrogens with one attached hydrogen (secondary N) is 2. The van der Waals surface area contributed by atoms with Crippen molar-refractivity contribution in [3.63, 3.8) is 0 Å². The van der Waals surface area contributed by atoms with Crippen LogP contribution in [0, 0.1) is 5.82 Å². The van der Waals surface area contributed by atoms with E-state index in [4.69, 9.17) is 4.74 Å². The molecular formula is C27H33F4N3O4. The fourth-order valence-corrected chi connectivity index (χ4v) is 4.22. The van der Waals surface area contributed by atoms with Gasteiger partial charge in [0.1, 0.15) is 11.6 Å². The molecule has 1 aliphatic rings. The maximum absolute atomic E-state index is 14.3. The van der Waals surface area contributed by atoms with Crippen LogP contribution in [0.1, 0.15) is 42.4 Å². The van der Waals surface area contributed by atoms with Gasteiger partial charge >= 0.3 is 6.18 Å². The number of carbonyl (C=O) groups is 2. The van der Waals surface area contributed by atoms with E-state index in [1.165, 1.54) is 36.2 Å². The number of fused-ring (bicyclic) bond motifs is 2. The fraction of sp³-hybridized carbons (Fsp3) is 0.481. The van der Waals surface area contributed by atoms with Crippen molar-refractivity contribution in [3.8, 4) is 5.75 Å². The molecule has 1 heterocycles. The Morgan fingerprint density at radius 1 is 1.16 bits per heavy atom. The van der Waals surface area contributed by atoms with Gasteiger partial charge < -0.3 is 25.4 Å². The summed E-state index contributed by atoms with van der Waals surface area (Å²) >= 11 is 0. The lowest BCUT2D eigenvalue weighted by atomic mass is 10.00. The molecule has 7 nitrogen and oxygen atoms in total. The van der Waals surface area contributed by atoms with Crippen molar-refractivity contribution >= 4 is 11.8 Å². The van der Waals surface area contributed by atoms with Crippen LogP contribution in [-0.4, -0.2) is 60.7 Å². The number of carbonyl (C=O) groups excluding carboxylic acids is 2. The van der Waals surface area contributed by atoms with Crippen LogP contribution in [0.25, 0.3) is 0 Å². The minimum atomic E-state index is -4.47. The predicted molar refractivity (Wildman–Crippen MR) is 133 cm³/mol. The molecule has 0 fully saturated rings. The first-order chi connectivity index (χ1) is 18.0. The summed E-state index contributed by atoms with van der Waals surface area (Å²) in [5, 5.41) is 16.5. The number of aliphatic hydroxyl groups excluding tert-OH is 1. The molecule has 3 N–H and O–H groups in total. The van der Waals surface area contributed by atoms with Crippen molar-refractivity contribution in [1.29, 1.82) is 0 Å². The molecule has 0 saturated carbocycles. The highest BCUT2D eigenvalue weighted by Crippen LogP contribution is 2.29. The van der Waals surface area contributed by atoms with Gasteiger partial charge in [0.15, 0.2) is 0 Å². The van der Waals surface area contributed by atoms with E-state index in [1.54, 1.807) is 6.07 Å². The number of benzene rings is 2. The molecule has 2 aromatic carbocycles. The van der Waals surface area contributed by atoms with E-state index in [0.717, 1.165) is 18.6 Å². The molecule has 208 valence electrons. The van der Waals surface area contributed by atoms with Crippen LogP contribution >= 0.6 is 0 Å². The maximum atomic E-state index is 14.3. The second kappa shape index (κ2) is 13.6. The normalized spacial score (nSPS) is 19.0. The van der Waals surface area contributed by atoms with Crippen molar-refractivity contribution in [1.82, 2.24) is 15.5 Å². The predicted octanol–water partition coefficient (Wildman–Crippen LogP) is 3.43. The van der Waals surface area contributed by atoms with Crippen LogP contribution in [0.5, 0.6) is 5.75 Å². The summed E-state index contributed by atoms with van der Waals surface area (Å²) in [5.74, 6) is -0.876. The van der Waals surface area contributed by atoms with E-state index in [0.29, 0.717) is 36.3 Å². The monoisotopic (exact) mass is 539 g/mol. The SMILES string of the molecule is CN1CC(=O)NC(C(O)CNCc2cccc(C(F)(F)F)c2)Cc2cc(F)cc(c2)OCCCCCC1=O. The number of aliphatic hydroxyl groups is 1. The average molecular weight is 540 g/mol. The molecule has 2 atom stereocenters. The number of hydrogen-bond donors (Lipinski definition) is 3. The van der Waals surface area contributed by atoms with Crippen LogP contribution in [0.15, 0.2) is 42.5 Å². The standard InChI is InChI=1S/C27H33F4N3O4/c1-34-17-25(36)33-23(24(35)16-32-15-18-6-5-7-20(10-18)27(29,30)31)13-19-11-21(28)14-22(12-19)38-9-4-2-3-8-26(34)37/h5-7,10-12,14,23-24,32,35H,2-4,8-9,13,15-17H2,1H3,(H,33,36). The van der Waals surface area contributed by atoms with Crippen LogP contribution < -0.4 is 15.4 Å². The van der Waals surface area contributed by atoms with Gasteiger partial charge in [-0.05, 0) is 55.0 Å².